The van der Waals surface area contributed by atoms with Gasteiger partial charge in [-0.05, 0) is 73.0 Å². The van der Waals surface area contributed by atoms with Gasteiger partial charge in [-0.25, -0.2) is 9.78 Å². The van der Waals surface area contributed by atoms with Crippen molar-refractivity contribution >= 4 is 45.9 Å². The largest absolute Gasteiger partial charge is 0.478 e. The topological polar surface area (TPSA) is 76.4 Å². The summed E-state index contributed by atoms with van der Waals surface area (Å²) in [6.45, 7) is 0.565. The summed E-state index contributed by atoms with van der Waals surface area (Å²) in [5.74, 6) is 1.11. The van der Waals surface area contributed by atoms with Gasteiger partial charge in [0.05, 0.1) is 27.3 Å². The molecular weight excluding hydrogens is 557 g/mol. The molecule has 1 saturated carbocycles. The van der Waals surface area contributed by atoms with E-state index in [1.54, 1.807) is 30.3 Å². The van der Waals surface area contributed by atoms with Crippen molar-refractivity contribution in [3.8, 4) is 22.9 Å². The van der Waals surface area contributed by atoms with Gasteiger partial charge < -0.3 is 19.7 Å². The number of hydrogen-bond donors (Lipinski definition) is 2. The first kappa shape index (κ1) is 27.2. The van der Waals surface area contributed by atoms with Crippen molar-refractivity contribution in [2.45, 2.75) is 44.7 Å². The Bertz CT molecular complexity index is 1730. The summed E-state index contributed by atoms with van der Waals surface area (Å²) in [6.07, 6.45) is 5.80. The molecule has 1 heterocycles. The molecule has 0 spiro atoms. The lowest BCUT2D eigenvalue weighted by molar-refractivity contribution is 0.0697. The lowest BCUT2D eigenvalue weighted by Crippen LogP contribution is -2.14. The Labute approximate surface area is 248 Å². The zero-order valence-electron chi connectivity index (χ0n) is 22.3. The van der Waals surface area contributed by atoms with Crippen LogP contribution in [0.2, 0.25) is 10.0 Å². The number of nitrogens with zero attached hydrogens (tertiary/aromatic N) is 2. The second kappa shape index (κ2) is 11.9. The minimum Gasteiger partial charge on any atom is -0.478 e. The Morgan fingerprint density at radius 1 is 0.927 bits per heavy atom. The minimum absolute atomic E-state index is 0.246. The van der Waals surface area contributed by atoms with Crippen LogP contribution in [-0.2, 0) is 6.54 Å². The fraction of sp³-hybridized carbons (Fsp3) is 0.212. The van der Waals surface area contributed by atoms with E-state index in [4.69, 9.17) is 32.9 Å². The smallest absolute Gasteiger partial charge is 0.335 e. The Balaban J connectivity index is 1.29. The molecule has 1 aliphatic rings. The fourth-order valence-corrected chi connectivity index (χ4v) is 5.99. The van der Waals surface area contributed by atoms with Crippen LogP contribution in [0.25, 0.3) is 22.4 Å². The first-order valence-corrected chi connectivity index (χ1v) is 14.5. The zero-order chi connectivity index (χ0) is 28.3. The molecule has 0 atom stereocenters. The van der Waals surface area contributed by atoms with Crippen molar-refractivity contribution in [1.29, 1.82) is 0 Å². The zero-order valence-corrected chi connectivity index (χ0v) is 23.8. The summed E-state index contributed by atoms with van der Waals surface area (Å²) in [5, 5.41) is 14.0. The van der Waals surface area contributed by atoms with E-state index >= 15 is 0 Å². The van der Waals surface area contributed by atoms with Gasteiger partial charge in [0.15, 0.2) is 5.75 Å². The molecule has 0 radical (unpaired) electrons. The van der Waals surface area contributed by atoms with Crippen LogP contribution in [0.1, 0.15) is 54.1 Å². The van der Waals surface area contributed by atoms with Crippen LogP contribution in [-0.4, -0.2) is 20.6 Å². The second-order valence-electron chi connectivity index (χ2n) is 10.3. The van der Waals surface area contributed by atoms with Crippen molar-refractivity contribution < 1.29 is 14.6 Å². The molecule has 208 valence electrons. The first-order chi connectivity index (χ1) is 20.0. The molecule has 1 aromatic heterocycles. The molecule has 8 heteroatoms. The van der Waals surface area contributed by atoms with Crippen LogP contribution >= 0.6 is 23.2 Å². The maximum absolute atomic E-state index is 11.6. The van der Waals surface area contributed by atoms with Crippen molar-refractivity contribution in [2.75, 3.05) is 5.32 Å². The molecule has 4 aromatic carbocycles. The third-order valence-corrected chi connectivity index (χ3v) is 8.08. The number of para-hydroxylation sites is 2. The lowest BCUT2D eigenvalue weighted by atomic mass is 9.94. The van der Waals surface area contributed by atoms with E-state index < -0.39 is 5.97 Å². The molecule has 0 amide bonds. The number of rotatable bonds is 8. The van der Waals surface area contributed by atoms with E-state index in [9.17, 15) is 9.90 Å². The molecule has 41 heavy (non-hydrogen) atoms. The van der Waals surface area contributed by atoms with E-state index in [1.165, 1.54) is 19.3 Å². The van der Waals surface area contributed by atoms with Gasteiger partial charge in [-0.1, -0.05) is 72.8 Å². The monoisotopic (exact) mass is 585 g/mol. The van der Waals surface area contributed by atoms with Gasteiger partial charge in [0, 0.05) is 23.2 Å². The molecule has 0 unspecified atom stereocenters. The number of fused-ring (bicyclic) bond motifs is 1. The number of carboxylic acid groups (broad SMARTS) is 1. The van der Waals surface area contributed by atoms with Crippen LogP contribution in [0.15, 0.2) is 84.9 Å². The van der Waals surface area contributed by atoms with Gasteiger partial charge in [0.25, 0.3) is 0 Å². The van der Waals surface area contributed by atoms with Crippen molar-refractivity contribution in [3.63, 3.8) is 0 Å². The number of benzene rings is 4. The summed E-state index contributed by atoms with van der Waals surface area (Å²) < 4.78 is 8.44. The molecule has 1 aliphatic carbocycles. The predicted octanol–water partition coefficient (Wildman–Crippen LogP) is 9.62. The normalized spacial score (nSPS) is 13.8. The predicted molar refractivity (Wildman–Crippen MR) is 165 cm³/mol. The van der Waals surface area contributed by atoms with E-state index in [-0.39, 0.29) is 5.56 Å². The molecule has 6 nitrogen and oxygen atoms in total. The van der Waals surface area contributed by atoms with Crippen LogP contribution in [0.3, 0.4) is 0 Å². The fourth-order valence-electron chi connectivity index (χ4n) is 5.54. The number of anilines is 1. The van der Waals surface area contributed by atoms with Gasteiger partial charge in [0.1, 0.15) is 11.6 Å². The first-order valence-electron chi connectivity index (χ1n) is 13.8. The molecule has 5 aromatic rings. The number of imidazole rings is 1. The van der Waals surface area contributed by atoms with Crippen molar-refractivity contribution in [3.05, 3.63) is 106 Å². The number of nitrogens with one attached hydrogen (secondary N) is 1. The summed E-state index contributed by atoms with van der Waals surface area (Å²) >= 11 is 12.4. The van der Waals surface area contributed by atoms with E-state index in [0.29, 0.717) is 39.6 Å². The van der Waals surface area contributed by atoms with Gasteiger partial charge >= 0.3 is 5.97 Å². The highest BCUT2D eigenvalue weighted by Crippen LogP contribution is 2.37. The number of carboxylic acids is 1. The average molecular weight is 587 g/mol. The van der Waals surface area contributed by atoms with Gasteiger partial charge in [-0.2, -0.15) is 0 Å². The molecule has 0 bridgehead atoms. The quantitative estimate of drug-likeness (QED) is 0.189. The van der Waals surface area contributed by atoms with E-state index in [2.05, 4.69) is 28.1 Å². The number of halogens is 2. The molecule has 0 aliphatic heterocycles. The molecule has 6 rings (SSSR count). The highest BCUT2D eigenvalue weighted by atomic mass is 35.5. The number of carbonyl (C=O) groups is 1. The third-order valence-electron chi connectivity index (χ3n) is 7.55. The van der Waals surface area contributed by atoms with Crippen molar-refractivity contribution in [2.24, 2.45) is 0 Å². The summed E-state index contributed by atoms with van der Waals surface area (Å²) in [6, 6.07) is 26.8. The standard InChI is InChI=1S/C33H29Cl2N3O3/c34-24-14-16-30(26(35)19-24)41-31-12-5-4-11-27(31)36-20-21-7-6-8-22(17-21)32-37-28-18-23(33(39)40)13-15-29(28)38(32)25-9-2-1-3-10-25/h4-8,11-19,25,36H,1-3,9-10,20H2,(H,39,40). The highest BCUT2D eigenvalue weighted by molar-refractivity contribution is 6.35. The summed E-state index contributed by atoms with van der Waals surface area (Å²) in [7, 11) is 0. The Kier molecular flexibility index (Phi) is 7.86. The average Bonchev–Trinajstić information content (AvgIpc) is 3.38. The lowest BCUT2D eigenvalue weighted by Gasteiger charge is -2.25. The number of ether oxygens (including phenoxy) is 1. The molecule has 2 N–H and O–H groups in total. The number of aromatic carboxylic acids is 1. The van der Waals surface area contributed by atoms with Crippen LogP contribution in [0.5, 0.6) is 11.5 Å². The Morgan fingerprint density at radius 2 is 1.76 bits per heavy atom. The van der Waals surface area contributed by atoms with Gasteiger partial charge in [-0.15, -0.1) is 0 Å². The van der Waals surface area contributed by atoms with Gasteiger partial charge in [-0.3, -0.25) is 0 Å². The van der Waals surface area contributed by atoms with Crippen LogP contribution in [0, 0.1) is 0 Å². The number of hydrogen-bond acceptors (Lipinski definition) is 4. The maximum atomic E-state index is 11.6. The summed E-state index contributed by atoms with van der Waals surface area (Å²) in [4.78, 5) is 16.6. The summed E-state index contributed by atoms with van der Waals surface area (Å²) in [5.41, 5.74) is 4.85. The number of aromatic nitrogens is 2. The SMILES string of the molecule is O=C(O)c1ccc2c(c1)nc(-c1cccc(CNc3ccccc3Oc3ccc(Cl)cc3Cl)c1)n2C1CCCCC1. The van der Waals surface area contributed by atoms with E-state index in [1.807, 2.05) is 36.4 Å². The van der Waals surface area contributed by atoms with Crippen LogP contribution in [0.4, 0.5) is 5.69 Å². The third kappa shape index (κ3) is 5.90. The Hall–Kier alpha value is -4.00. The van der Waals surface area contributed by atoms with Crippen molar-refractivity contribution in [1.82, 2.24) is 9.55 Å². The maximum Gasteiger partial charge on any atom is 0.335 e. The Morgan fingerprint density at radius 3 is 2.56 bits per heavy atom. The second-order valence-corrected chi connectivity index (χ2v) is 11.2. The van der Waals surface area contributed by atoms with Gasteiger partial charge in [0.2, 0.25) is 0 Å². The molecule has 1 fully saturated rings. The minimum atomic E-state index is -0.948. The molecular formula is C33H29Cl2N3O3. The van der Waals surface area contributed by atoms with Crippen LogP contribution < -0.4 is 10.1 Å². The molecule has 0 saturated heterocycles. The highest BCUT2D eigenvalue weighted by Gasteiger charge is 2.23. The van der Waals surface area contributed by atoms with E-state index in [0.717, 1.165) is 41.0 Å².